The Bertz CT molecular complexity index is 325. The Morgan fingerprint density at radius 3 is 2.24 bits per heavy atom. The molecule has 0 saturated carbocycles. The van der Waals surface area contributed by atoms with Crippen LogP contribution in [-0.4, -0.2) is 22.8 Å². The Balaban J connectivity index is 2.77. The van der Waals surface area contributed by atoms with Gasteiger partial charge in [0, 0.05) is 5.54 Å². The first-order valence-electron chi connectivity index (χ1n) is 6.39. The quantitative estimate of drug-likeness (QED) is 0.767. The fourth-order valence-corrected chi connectivity index (χ4v) is 1.83. The highest BCUT2D eigenvalue weighted by molar-refractivity contribution is 5.24. The summed E-state index contributed by atoms with van der Waals surface area (Å²) in [6.07, 6.45) is 3.12. The van der Waals surface area contributed by atoms with Gasteiger partial charge < -0.3 is 15.1 Å². The van der Waals surface area contributed by atoms with Gasteiger partial charge in [-0.2, -0.15) is 0 Å². The highest BCUT2D eigenvalue weighted by Crippen LogP contribution is 2.25. The van der Waals surface area contributed by atoms with Gasteiger partial charge in [0.25, 0.3) is 0 Å². The maximum Gasteiger partial charge on any atom is 0.315 e. The van der Waals surface area contributed by atoms with Crippen LogP contribution in [-0.2, 0) is 0 Å². The molecule has 0 aliphatic rings. The zero-order valence-corrected chi connectivity index (χ0v) is 11.5. The number of hydrogen-bond acceptors (Lipinski definition) is 5. The summed E-state index contributed by atoms with van der Waals surface area (Å²) in [5, 5.41) is 14.5. The maximum atomic E-state index is 5.60. The molecular formula is C12H24N4O. The van der Waals surface area contributed by atoms with Gasteiger partial charge in [0.1, 0.15) is 0 Å². The lowest BCUT2D eigenvalue weighted by Crippen LogP contribution is -2.36. The average molecular weight is 240 g/mol. The van der Waals surface area contributed by atoms with E-state index in [0.29, 0.717) is 11.9 Å². The summed E-state index contributed by atoms with van der Waals surface area (Å²) in [5.74, 6) is 0.618. The van der Waals surface area contributed by atoms with Crippen molar-refractivity contribution in [3.63, 3.8) is 0 Å². The van der Waals surface area contributed by atoms with E-state index in [2.05, 4.69) is 41.6 Å². The second-order valence-electron chi connectivity index (χ2n) is 4.42. The topological polar surface area (TPSA) is 63.0 Å². The predicted molar refractivity (Wildman–Crippen MR) is 69.0 cm³/mol. The van der Waals surface area contributed by atoms with Crippen molar-refractivity contribution in [1.29, 1.82) is 0 Å². The minimum atomic E-state index is 0.0622. The van der Waals surface area contributed by atoms with Gasteiger partial charge in [-0.1, -0.05) is 25.9 Å². The van der Waals surface area contributed by atoms with Gasteiger partial charge in [0.2, 0.25) is 5.89 Å². The van der Waals surface area contributed by atoms with E-state index in [9.17, 15) is 0 Å². The van der Waals surface area contributed by atoms with E-state index < -0.39 is 0 Å². The zero-order valence-electron chi connectivity index (χ0n) is 11.5. The molecule has 0 aliphatic carbocycles. The van der Waals surface area contributed by atoms with E-state index in [1.807, 2.05) is 14.0 Å². The molecule has 0 spiro atoms. The summed E-state index contributed by atoms with van der Waals surface area (Å²) >= 11 is 0. The van der Waals surface area contributed by atoms with Crippen molar-refractivity contribution in [1.82, 2.24) is 15.5 Å². The third-order valence-corrected chi connectivity index (χ3v) is 3.65. The van der Waals surface area contributed by atoms with Gasteiger partial charge in [-0.25, -0.2) is 0 Å². The van der Waals surface area contributed by atoms with Crippen LogP contribution in [0.25, 0.3) is 0 Å². The first kappa shape index (κ1) is 14.0. The van der Waals surface area contributed by atoms with Gasteiger partial charge in [-0.15, -0.1) is 5.10 Å². The first-order chi connectivity index (χ1) is 8.10. The monoisotopic (exact) mass is 240 g/mol. The number of hydrogen-bond donors (Lipinski definition) is 2. The number of anilines is 1. The molecule has 0 aromatic carbocycles. The summed E-state index contributed by atoms with van der Waals surface area (Å²) in [4.78, 5) is 0. The molecule has 0 radical (unpaired) electrons. The lowest BCUT2D eigenvalue weighted by Gasteiger charge is -2.30. The Kier molecular flexibility index (Phi) is 4.93. The van der Waals surface area contributed by atoms with Crippen molar-refractivity contribution >= 4 is 6.01 Å². The van der Waals surface area contributed by atoms with Crippen LogP contribution in [0.2, 0.25) is 0 Å². The number of rotatable bonds is 7. The lowest BCUT2D eigenvalue weighted by atomic mass is 9.90. The molecule has 1 rings (SSSR count). The molecule has 0 fully saturated rings. The summed E-state index contributed by atoms with van der Waals surface area (Å²) < 4.78 is 5.60. The van der Waals surface area contributed by atoms with Crippen LogP contribution >= 0.6 is 0 Å². The number of aromatic nitrogens is 2. The Hall–Kier alpha value is -1.10. The van der Waals surface area contributed by atoms with E-state index in [-0.39, 0.29) is 11.6 Å². The van der Waals surface area contributed by atoms with E-state index >= 15 is 0 Å². The van der Waals surface area contributed by atoms with E-state index in [0.717, 1.165) is 19.3 Å². The summed E-state index contributed by atoms with van der Waals surface area (Å²) in [7, 11) is 1.87. The Morgan fingerprint density at radius 1 is 1.18 bits per heavy atom. The normalized spacial score (nSPS) is 13.7. The first-order valence-corrected chi connectivity index (χ1v) is 6.39. The van der Waals surface area contributed by atoms with E-state index in [1.54, 1.807) is 0 Å². The van der Waals surface area contributed by atoms with Gasteiger partial charge in [0.15, 0.2) is 0 Å². The van der Waals surface area contributed by atoms with Crippen LogP contribution in [0.4, 0.5) is 6.01 Å². The zero-order chi connectivity index (χ0) is 12.9. The van der Waals surface area contributed by atoms with Crippen molar-refractivity contribution in [2.45, 2.75) is 58.5 Å². The van der Waals surface area contributed by atoms with Crippen LogP contribution in [0.5, 0.6) is 0 Å². The third-order valence-electron chi connectivity index (χ3n) is 3.65. The molecule has 98 valence electrons. The second kappa shape index (κ2) is 6.00. The summed E-state index contributed by atoms with van der Waals surface area (Å²) in [6.45, 7) is 8.51. The van der Waals surface area contributed by atoms with Crippen molar-refractivity contribution in [3.8, 4) is 0 Å². The van der Waals surface area contributed by atoms with Crippen molar-refractivity contribution in [2.24, 2.45) is 0 Å². The average Bonchev–Trinajstić information content (AvgIpc) is 2.83. The van der Waals surface area contributed by atoms with E-state index in [4.69, 9.17) is 4.42 Å². The molecule has 0 amide bonds. The van der Waals surface area contributed by atoms with Gasteiger partial charge in [-0.3, -0.25) is 0 Å². The fourth-order valence-electron chi connectivity index (χ4n) is 1.83. The SMILES string of the molecule is CCC(CC)(CC)Nc1nnc(C(C)NC)o1. The van der Waals surface area contributed by atoms with Crippen LogP contribution in [0, 0.1) is 0 Å². The number of nitrogens with zero attached hydrogens (tertiary/aromatic N) is 2. The fraction of sp³-hybridized carbons (Fsp3) is 0.833. The molecule has 1 aromatic heterocycles. The minimum absolute atomic E-state index is 0.0622. The predicted octanol–water partition coefficient (Wildman–Crippen LogP) is 2.73. The molecule has 1 unspecified atom stereocenters. The van der Waals surface area contributed by atoms with Crippen molar-refractivity contribution < 1.29 is 4.42 Å². The summed E-state index contributed by atoms with van der Waals surface area (Å²) in [5.41, 5.74) is 0.0622. The van der Waals surface area contributed by atoms with Crippen LogP contribution in [0.1, 0.15) is 58.9 Å². The van der Waals surface area contributed by atoms with Crippen LogP contribution in [0.3, 0.4) is 0 Å². The Morgan fingerprint density at radius 2 is 1.76 bits per heavy atom. The molecular weight excluding hydrogens is 216 g/mol. The summed E-state index contributed by atoms with van der Waals surface area (Å²) in [6, 6.07) is 0.602. The molecule has 1 atom stereocenters. The van der Waals surface area contributed by atoms with Gasteiger partial charge in [-0.05, 0) is 33.2 Å². The molecule has 5 nitrogen and oxygen atoms in total. The van der Waals surface area contributed by atoms with Crippen molar-refractivity contribution in [2.75, 3.05) is 12.4 Å². The number of nitrogens with one attached hydrogen (secondary N) is 2. The molecule has 0 bridgehead atoms. The Labute approximate surface area is 103 Å². The standard InChI is InChI=1S/C12H24N4O/c1-6-12(7-2,8-3)14-11-16-15-10(17-11)9(4)13-5/h9,13H,6-8H2,1-5H3,(H,14,16). The second-order valence-corrected chi connectivity index (χ2v) is 4.42. The molecule has 0 aliphatic heterocycles. The molecule has 5 heteroatoms. The van der Waals surface area contributed by atoms with E-state index in [1.165, 1.54) is 0 Å². The van der Waals surface area contributed by atoms with Gasteiger partial charge in [0.05, 0.1) is 6.04 Å². The largest absolute Gasteiger partial charge is 0.406 e. The molecule has 17 heavy (non-hydrogen) atoms. The maximum absolute atomic E-state index is 5.60. The third kappa shape index (κ3) is 3.19. The van der Waals surface area contributed by atoms with Crippen LogP contribution < -0.4 is 10.6 Å². The lowest BCUT2D eigenvalue weighted by molar-refractivity contribution is 0.387. The van der Waals surface area contributed by atoms with Crippen LogP contribution in [0.15, 0.2) is 4.42 Å². The molecule has 1 aromatic rings. The smallest absolute Gasteiger partial charge is 0.315 e. The molecule has 1 heterocycles. The molecule has 0 saturated heterocycles. The van der Waals surface area contributed by atoms with Crippen molar-refractivity contribution in [3.05, 3.63) is 5.89 Å². The highest BCUT2D eigenvalue weighted by Gasteiger charge is 2.26. The minimum Gasteiger partial charge on any atom is -0.406 e. The molecule has 2 N–H and O–H groups in total. The van der Waals surface area contributed by atoms with Gasteiger partial charge >= 0.3 is 6.01 Å². The highest BCUT2D eigenvalue weighted by atomic mass is 16.4.